The van der Waals surface area contributed by atoms with Crippen molar-refractivity contribution >= 4 is 13.6 Å². The Kier molecular flexibility index (Phi) is 13.6. The van der Waals surface area contributed by atoms with E-state index < -0.39 is 19.9 Å². The molecule has 0 unspecified atom stereocenters. The van der Waals surface area contributed by atoms with E-state index in [4.69, 9.17) is 24.3 Å². The van der Waals surface area contributed by atoms with Gasteiger partial charge in [0.15, 0.2) is 6.35 Å². The summed E-state index contributed by atoms with van der Waals surface area (Å²) >= 11 is 0. The number of allylic oxidation sites excluding steroid dienone is 9. The molecular weight excluding hydrogens is 467 g/mol. The minimum atomic E-state index is -4.48. The lowest BCUT2D eigenvalue weighted by molar-refractivity contribution is -0.271. The van der Waals surface area contributed by atoms with Crippen LogP contribution in [0.2, 0.25) is 0 Å². The van der Waals surface area contributed by atoms with Crippen LogP contribution in [0.3, 0.4) is 0 Å². The predicted octanol–water partition coefficient (Wildman–Crippen LogP) is 7.05. The number of carbonyl (C=O) groups is 1. The summed E-state index contributed by atoms with van der Waals surface area (Å²) in [4.78, 5) is 40.4. The molecule has 0 aromatic rings. The van der Waals surface area contributed by atoms with Crippen molar-refractivity contribution in [2.45, 2.75) is 86.5 Å². The van der Waals surface area contributed by atoms with Gasteiger partial charge in [0.25, 0.3) is 0 Å². The fraction of sp³-hybridized carbons (Fsp3) is 0.593. The van der Waals surface area contributed by atoms with Crippen LogP contribution in [-0.2, 0) is 23.9 Å². The quantitative estimate of drug-likeness (QED) is 0.0491. The summed E-state index contributed by atoms with van der Waals surface area (Å²) < 4.78 is 16.4. The van der Waals surface area contributed by atoms with Crippen LogP contribution in [0.5, 0.6) is 0 Å². The maximum absolute atomic E-state index is 12.4. The van der Waals surface area contributed by atoms with Crippen molar-refractivity contribution in [2.24, 2.45) is 5.41 Å². The molecule has 0 fully saturated rings. The Morgan fingerprint density at radius 2 is 1.86 bits per heavy atom. The summed E-state index contributed by atoms with van der Waals surface area (Å²) in [6.07, 6.45) is 16.0. The molecule has 0 saturated heterocycles. The molecule has 0 amide bonds. The first kappa shape index (κ1) is 31.1. The first-order valence-electron chi connectivity index (χ1n) is 12.3. The molecule has 1 rings (SSSR count). The molecule has 0 aromatic carbocycles. The van der Waals surface area contributed by atoms with Crippen molar-refractivity contribution in [2.75, 3.05) is 13.0 Å². The lowest BCUT2D eigenvalue weighted by atomic mass is 9.72. The molecule has 198 valence electrons. The van der Waals surface area contributed by atoms with Gasteiger partial charge in [-0.05, 0) is 63.0 Å². The van der Waals surface area contributed by atoms with Crippen LogP contribution in [-0.4, -0.2) is 28.7 Å². The summed E-state index contributed by atoms with van der Waals surface area (Å²) in [5, 5.41) is 0. The Morgan fingerprint density at radius 3 is 2.49 bits per heavy atom. The summed E-state index contributed by atoms with van der Waals surface area (Å²) in [7, 11) is -4.48. The van der Waals surface area contributed by atoms with Crippen LogP contribution in [0.25, 0.3) is 0 Å². The number of carbonyl (C=O) groups excluding carboxylic acids is 1. The maximum Gasteiger partial charge on any atom is 0.407 e. The molecule has 2 N–H and O–H groups in total. The normalized spacial score (nSPS) is 17.8. The molecule has 8 heteroatoms. The van der Waals surface area contributed by atoms with Crippen molar-refractivity contribution in [3.8, 4) is 0 Å². The lowest BCUT2D eigenvalue weighted by Gasteiger charge is -2.32. The molecule has 1 aliphatic rings. The zero-order chi connectivity index (χ0) is 26.5. The van der Waals surface area contributed by atoms with Crippen LogP contribution in [0.4, 0.5) is 0 Å². The van der Waals surface area contributed by atoms with Gasteiger partial charge < -0.3 is 14.5 Å². The number of rotatable bonds is 14. The molecule has 0 aliphatic heterocycles. The van der Waals surface area contributed by atoms with E-state index in [1.807, 2.05) is 13.0 Å². The van der Waals surface area contributed by atoms with Crippen LogP contribution >= 0.6 is 7.60 Å². The van der Waals surface area contributed by atoms with Crippen molar-refractivity contribution in [1.29, 1.82) is 0 Å². The minimum Gasteiger partial charge on any atom is -0.473 e. The fourth-order valence-corrected chi connectivity index (χ4v) is 4.20. The number of unbranched alkanes of at least 4 members (excludes halogenated alkanes) is 3. The van der Waals surface area contributed by atoms with Gasteiger partial charge in [-0.1, -0.05) is 81.6 Å². The molecule has 0 aromatic heterocycles. The second kappa shape index (κ2) is 15.2. The third kappa shape index (κ3) is 12.6. The van der Waals surface area contributed by atoms with Crippen LogP contribution in [0, 0.1) is 5.41 Å². The smallest absolute Gasteiger partial charge is 0.407 e. The highest BCUT2D eigenvalue weighted by Crippen LogP contribution is 2.40. The molecule has 0 heterocycles. The van der Waals surface area contributed by atoms with E-state index in [0.717, 1.165) is 37.7 Å². The summed E-state index contributed by atoms with van der Waals surface area (Å²) in [6, 6.07) is 0. The fourth-order valence-electron chi connectivity index (χ4n) is 3.90. The van der Waals surface area contributed by atoms with E-state index in [-0.39, 0.29) is 17.8 Å². The Morgan fingerprint density at radius 1 is 1.14 bits per heavy atom. The predicted molar refractivity (Wildman–Crippen MR) is 139 cm³/mol. The van der Waals surface area contributed by atoms with Gasteiger partial charge >= 0.3 is 13.6 Å². The van der Waals surface area contributed by atoms with Crippen LogP contribution in [0.1, 0.15) is 86.5 Å². The van der Waals surface area contributed by atoms with Gasteiger partial charge in [0.05, 0.1) is 6.61 Å². The number of ether oxygens (including phenoxy) is 1. The van der Waals surface area contributed by atoms with Gasteiger partial charge in [0, 0.05) is 0 Å². The molecule has 7 nitrogen and oxygen atoms in total. The number of hydrogen-bond acceptors (Lipinski definition) is 5. The van der Waals surface area contributed by atoms with Gasteiger partial charge in [-0.15, -0.1) is 0 Å². The maximum atomic E-state index is 12.4. The highest BCUT2D eigenvalue weighted by molar-refractivity contribution is 7.51. The van der Waals surface area contributed by atoms with E-state index in [1.54, 1.807) is 19.1 Å². The molecule has 0 atom stereocenters. The Balaban J connectivity index is 2.90. The van der Waals surface area contributed by atoms with E-state index in [2.05, 4.69) is 39.8 Å². The molecule has 35 heavy (non-hydrogen) atoms. The van der Waals surface area contributed by atoms with Gasteiger partial charge in [0.1, 0.15) is 0 Å². The monoisotopic (exact) mass is 510 g/mol. The third-order valence-electron chi connectivity index (χ3n) is 5.90. The summed E-state index contributed by atoms with van der Waals surface area (Å²) in [6.45, 7) is 12.7. The zero-order valence-electron chi connectivity index (χ0n) is 22.1. The largest absolute Gasteiger partial charge is 0.473 e. The first-order valence-corrected chi connectivity index (χ1v) is 14.1. The van der Waals surface area contributed by atoms with E-state index >= 15 is 0 Å². The van der Waals surface area contributed by atoms with E-state index in [0.29, 0.717) is 5.57 Å². The summed E-state index contributed by atoms with van der Waals surface area (Å²) in [5.41, 5.74) is 4.35. The third-order valence-corrected chi connectivity index (χ3v) is 6.36. The van der Waals surface area contributed by atoms with Crippen molar-refractivity contribution in [1.82, 2.24) is 0 Å². The molecule has 1 aliphatic carbocycles. The summed E-state index contributed by atoms with van der Waals surface area (Å²) in [5.74, 6) is -1.23. The van der Waals surface area contributed by atoms with E-state index in [9.17, 15) is 9.36 Å². The van der Waals surface area contributed by atoms with Crippen molar-refractivity contribution in [3.05, 3.63) is 58.4 Å². The van der Waals surface area contributed by atoms with Gasteiger partial charge in [-0.25, -0.2) is 4.79 Å². The lowest BCUT2D eigenvalue weighted by Crippen LogP contribution is -2.19. The average molecular weight is 511 g/mol. The van der Waals surface area contributed by atoms with Gasteiger partial charge in [-0.3, -0.25) is 9.45 Å². The van der Waals surface area contributed by atoms with Crippen molar-refractivity contribution < 1.29 is 33.7 Å². The zero-order valence-corrected chi connectivity index (χ0v) is 23.0. The highest BCUT2D eigenvalue weighted by atomic mass is 31.2. The Labute approximate surface area is 210 Å². The second-order valence-electron chi connectivity index (χ2n) is 9.74. The van der Waals surface area contributed by atoms with Crippen LogP contribution in [0.15, 0.2) is 58.4 Å². The van der Waals surface area contributed by atoms with Crippen LogP contribution < -0.4 is 0 Å². The molecule has 0 spiro atoms. The second-order valence-corrected chi connectivity index (χ2v) is 11.3. The minimum absolute atomic E-state index is 0.164. The standard InChI is InChI=1S/C27H43O7P/c1-7-8-9-10-19-33-34-26(28)25(32-20-35(29,30)31)23(4)14-11-13-21(2)16-17-24-22(3)15-12-18-27(24,5)6/h11,13-14,16-17H,7-10,12,15,18-20H2,1-6H3,(H2,29,30,31). The van der Waals surface area contributed by atoms with E-state index in [1.165, 1.54) is 24.0 Å². The topological polar surface area (TPSA) is 102 Å². The first-order chi connectivity index (χ1) is 16.4. The SMILES string of the molecule is CCCCCCOOC(=O)C(OCP(=O)(O)O)=C(C)C=CC=C(C)C=CC1=C(C)CCCC1(C)C. The van der Waals surface area contributed by atoms with Crippen molar-refractivity contribution in [3.63, 3.8) is 0 Å². The highest BCUT2D eigenvalue weighted by Gasteiger charge is 2.26. The Bertz CT molecular complexity index is 900. The average Bonchev–Trinajstić information content (AvgIpc) is 2.74. The molecule has 0 radical (unpaired) electrons. The molecule has 0 saturated carbocycles. The Hall–Kier alpha value is -1.92. The number of hydrogen-bond donors (Lipinski definition) is 2. The van der Waals surface area contributed by atoms with Gasteiger partial charge in [0.2, 0.25) is 5.76 Å². The molecule has 0 bridgehead atoms. The van der Waals surface area contributed by atoms with Gasteiger partial charge in [-0.2, -0.15) is 4.89 Å². The molecular formula is C27H43O7P.